The number of allylic oxidation sites excluding steroid dienone is 2. The molecule has 9 nitrogen and oxygen atoms in total. The molecule has 2 aromatic carbocycles. The van der Waals surface area contributed by atoms with Crippen LogP contribution >= 0.6 is 0 Å². The minimum Gasteiger partial charge on any atom is -0.496 e. The summed E-state index contributed by atoms with van der Waals surface area (Å²) in [6, 6.07) is 13.2. The second kappa shape index (κ2) is 17.5. The fourth-order valence-electron chi connectivity index (χ4n) is 4.12. The van der Waals surface area contributed by atoms with Crippen LogP contribution in [0.25, 0.3) is 5.70 Å². The molecule has 1 unspecified atom stereocenters. The average molecular weight is 603 g/mol. The monoisotopic (exact) mass is 602 g/mol. The predicted molar refractivity (Wildman–Crippen MR) is 176 cm³/mol. The largest absolute Gasteiger partial charge is 0.496 e. The van der Waals surface area contributed by atoms with Crippen molar-refractivity contribution in [1.29, 1.82) is 0 Å². The molecule has 2 N–H and O–H groups in total. The highest BCUT2D eigenvalue weighted by Crippen LogP contribution is 2.26. The molecule has 236 valence electrons. The van der Waals surface area contributed by atoms with Crippen molar-refractivity contribution >= 4 is 29.2 Å². The van der Waals surface area contributed by atoms with Gasteiger partial charge in [-0.15, -0.1) is 0 Å². The van der Waals surface area contributed by atoms with Gasteiger partial charge in [0.05, 0.1) is 19.9 Å². The van der Waals surface area contributed by atoms with Crippen molar-refractivity contribution in [3.63, 3.8) is 0 Å². The number of aryl methyl sites for hydroxylation is 2. The molecule has 9 heteroatoms. The van der Waals surface area contributed by atoms with Crippen molar-refractivity contribution in [2.24, 2.45) is 5.92 Å². The lowest BCUT2D eigenvalue weighted by atomic mass is 10.0. The van der Waals surface area contributed by atoms with Crippen molar-refractivity contribution in [2.75, 3.05) is 19.5 Å². The van der Waals surface area contributed by atoms with Crippen molar-refractivity contribution < 1.29 is 23.9 Å². The quantitative estimate of drug-likeness (QED) is 0.174. The summed E-state index contributed by atoms with van der Waals surface area (Å²) in [5.41, 5.74) is 4.55. The molecule has 0 aliphatic heterocycles. The van der Waals surface area contributed by atoms with E-state index in [1.54, 1.807) is 48.2 Å². The Labute approximate surface area is 261 Å². The van der Waals surface area contributed by atoms with E-state index in [-0.39, 0.29) is 11.6 Å². The number of carbonyl (C=O) groups is 3. The van der Waals surface area contributed by atoms with Crippen molar-refractivity contribution in [3.8, 4) is 5.75 Å². The zero-order chi connectivity index (χ0) is 32.8. The molecule has 1 aromatic heterocycles. The Morgan fingerprint density at radius 2 is 1.59 bits per heavy atom. The second-order valence-corrected chi connectivity index (χ2v) is 10.5. The number of ether oxygens (including phenoxy) is 2. The highest BCUT2D eigenvalue weighted by molar-refractivity contribution is 6.03. The molecule has 2 amide bonds. The molecule has 3 aromatic rings. The van der Waals surface area contributed by atoms with Gasteiger partial charge in [0, 0.05) is 22.5 Å². The second-order valence-electron chi connectivity index (χ2n) is 10.5. The lowest BCUT2D eigenvalue weighted by molar-refractivity contribution is -0.144. The van der Waals surface area contributed by atoms with Crippen molar-refractivity contribution in [3.05, 3.63) is 95.3 Å². The van der Waals surface area contributed by atoms with E-state index in [4.69, 9.17) is 9.47 Å². The molecule has 3 rings (SSSR count). The molecule has 0 spiro atoms. The minimum absolute atomic E-state index is 0.141. The maximum absolute atomic E-state index is 13.1. The molecular formula is C35H46N4O5. The Morgan fingerprint density at radius 1 is 0.955 bits per heavy atom. The third-order valence-corrected chi connectivity index (χ3v) is 6.90. The van der Waals surface area contributed by atoms with E-state index in [0.29, 0.717) is 17.7 Å². The third-order valence-electron chi connectivity index (χ3n) is 6.90. The van der Waals surface area contributed by atoms with E-state index in [9.17, 15) is 14.4 Å². The smallest absolute Gasteiger partial charge is 0.328 e. The Balaban J connectivity index is 0.00000159. The first-order valence-electron chi connectivity index (χ1n) is 14.9. The molecule has 0 saturated heterocycles. The number of anilines is 1. The van der Waals surface area contributed by atoms with Crippen LogP contribution in [0.15, 0.2) is 67.3 Å². The van der Waals surface area contributed by atoms with Crippen LogP contribution in [0.2, 0.25) is 0 Å². The number of hydrogen-bond donors (Lipinski definition) is 2. The molecule has 0 aliphatic carbocycles. The van der Waals surface area contributed by atoms with Gasteiger partial charge >= 0.3 is 5.97 Å². The van der Waals surface area contributed by atoms with Gasteiger partial charge < -0.3 is 20.1 Å². The first kappa shape index (κ1) is 35.5. The number of amides is 2. The van der Waals surface area contributed by atoms with E-state index in [1.807, 2.05) is 52.0 Å². The van der Waals surface area contributed by atoms with Crippen LogP contribution in [-0.2, 0) is 16.0 Å². The van der Waals surface area contributed by atoms with Crippen LogP contribution in [0, 0.1) is 12.8 Å². The number of methoxy groups -OCH3 is 2. The maximum Gasteiger partial charge on any atom is 0.328 e. The number of nitrogens with one attached hydrogen (secondary N) is 2. The molecule has 44 heavy (non-hydrogen) atoms. The standard InChI is InChI=1S/C31H36N4O5.C4H10/c1-8-10-26(22-12-11-20(5)27(17-22)39-6)35-24(9-2)18-25(34-35)30(37)32-23-15-13-21(14-16-23)29(36)33-28(19(3)4)31(38)40-7;1-3-4-2/h8,10-19,28H,1,9H2,2-7H3,(H,32,37)(H,33,36);3-4H2,1-2H3/b26-10-;. The molecule has 0 radical (unpaired) electrons. The molecule has 0 fully saturated rings. The van der Waals surface area contributed by atoms with Crippen LogP contribution in [0.4, 0.5) is 5.69 Å². The number of hydrogen-bond acceptors (Lipinski definition) is 6. The molecule has 0 aliphatic rings. The highest BCUT2D eigenvalue weighted by atomic mass is 16.5. The van der Waals surface area contributed by atoms with Gasteiger partial charge in [0.1, 0.15) is 11.8 Å². The van der Waals surface area contributed by atoms with Crippen LogP contribution in [0.5, 0.6) is 5.75 Å². The summed E-state index contributed by atoms with van der Waals surface area (Å²) in [4.78, 5) is 37.8. The van der Waals surface area contributed by atoms with Gasteiger partial charge in [0.25, 0.3) is 11.8 Å². The number of carbonyl (C=O) groups excluding carboxylic acids is 3. The van der Waals surface area contributed by atoms with Gasteiger partial charge in [-0.25, -0.2) is 9.48 Å². The number of benzene rings is 2. The Hall–Kier alpha value is -4.66. The van der Waals surface area contributed by atoms with Crippen molar-refractivity contribution in [1.82, 2.24) is 15.1 Å². The topological polar surface area (TPSA) is 112 Å². The summed E-state index contributed by atoms with van der Waals surface area (Å²) in [6.45, 7) is 15.8. The number of aromatic nitrogens is 2. The van der Waals surface area contributed by atoms with Gasteiger partial charge in [0.15, 0.2) is 5.69 Å². The minimum atomic E-state index is -0.763. The molecule has 0 saturated carbocycles. The van der Waals surface area contributed by atoms with Crippen molar-refractivity contribution in [2.45, 2.75) is 66.8 Å². The highest BCUT2D eigenvalue weighted by Gasteiger charge is 2.25. The first-order chi connectivity index (χ1) is 21.0. The number of unbranched alkanes of at least 4 members (excludes halogenated alkanes) is 1. The Morgan fingerprint density at radius 3 is 2.11 bits per heavy atom. The summed E-state index contributed by atoms with van der Waals surface area (Å²) >= 11 is 0. The average Bonchev–Trinajstić information content (AvgIpc) is 3.47. The van der Waals surface area contributed by atoms with E-state index in [1.165, 1.54) is 20.0 Å². The normalized spacial score (nSPS) is 11.6. The fraction of sp³-hybridized carbons (Fsp3) is 0.371. The van der Waals surface area contributed by atoms with E-state index >= 15 is 0 Å². The lowest BCUT2D eigenvalue weighted by Crippen LogP contribution is -2.45. The number of rotatable bonds is 12. The Kier molecular flexibility index (Phi) is 14.1. The van der Waals surface area contributed by atoms with Crippen LogP contribution in [-0.4, -0.2) is 47.8 Å². The summed E-state index contributed by atoms with van der Waals surface area (Å²) in [6.07, 6.45) is 6.80. The van der Waals surface area contributed by atoms with E-state index in [2.05, 4.69) is 36.2 Å². The van der Waals surface area contributed by atoms with Gasteiger partial charge in [0.2, 0.25) is 0 Å². The predicted octanol–water partition coefficient (Wildman–Crippen LogP) is 6.82. The molecule has 1 heterocycles. The first-order valence-corrected chi connectivity index (χ1v) is 14.9. The van der Waals surface area contributed by atoms with Crippen LogP contribution in [0.3, 0.4) is 0 Å². The van der Waals surface area contributed by atoms with Crippen LogP contribution in [0.1, 0.15) is 85.1 Å². The zero-order valence-electron chi connectivity index (χ0n) is 27.2. The SMILES string of the molecule is C=C/C=C(/c1ccc(C)c(OC)c1)n1nc(C(=O)Nc2ccc(C(=O)NC(C(=O)OC)C(C)C)cc2)cc1CC.CCCC. The van der Waals surface area contributed by atoms with E-state index in [0.717, 1.165) is 28.3 Å². The number of nitrogens with zero attached hydrogens (tertiary/aromatic N) is 2. The van der Waals surface area contributed by atoms with Gasteiger partial charge in [-0.05, 0) is 67.3 Å². The molecular weight excluding hydrogens is 556 g/mol. The maximum atomic E-state index is 13.1. The zero-order valence-corrected chi connectivity index (χ0v) is 27.2. The van der Waals surface area contributed by atoms with Crippen LogP contribution < -0.4 is 15.4 Å². The molecule has 1 atom stereocenters. The Bertz CT molecular complexity index is 1450. The third kappa shape index (κ3) is 9.42. The lowest BCUT2D eigenvalue weighted by Gasteiger charge is -2.19. The fourth-order valence-corrected chi connectivity index (χ4v) is 4.12. The van der Waals surface area contributed by atoms with Gasteiger partial charge in [-0.1, -0.05) is 72.2 Å². The summed E-state index contributed by atoms with van der Waals surface area (Å²) in [5.74, 6) is -0.709. The molecule has 0 bridgehead atoms. The summed E-state index contributed by atoms with van der Waals surface area (Å²) < 4.78 is 12.0. The summed E-state index contributed by atoms with van der Waals surface area (Å²) in [5, 5.41) is 10.1. The van der Waals surface area contributed by atoms with Gasteiger partial charge in [-0.2, -0.15) is 5.10 Å². The number of esters is 1. The van der Waals surface area contributed by atoms with Gasteiger partial charge in [-0.3, -0.25) is 9.59 Å². The summed E-state index contributed by atoms with van der Waals surface area (Å²) in [7, 11) is 2.91. The van der Waals surface area contributed by atoms with E-state index < -0.39 is 23.8 Å².